The van der Waals surface area contributed by atoms with Gasteiger partial charge in [0.15, 0.2) is 0 Å². The zero-order chi connectivity index (χ0) is 11.1. The summed E-state index contributed by atoms with van der Waals surface area (Å²) in [5.74, 6) is 0.401. The highest BCUT2D eigenvalue weighted by Gasteiger charge is 1.97. The third kappa shape index (κ3) is 4.87. The Morgan fingerprint density at radius 2 is 1.73 bits per heavy atom. The minimum absolute atomic E-state index is 0.401. The fourth-order valence-electron chi connectivity index (χ4n) is 1.92. The van der Waals surface area contributed by atoms with Crippen molar-refractivity contribution in [3.63, 3.8) is 0 Å². The Morgan fingerprint density at radius 1 is 1.00 bits per heavy atom. The normalized spacial score (nSPS) is 10.5. The van der Waals surface area contributed by atoms with Crippen molar-refractivity contribution in [3.8, 4) is 5.75 Å². The van der Waals surface area contributed by atoms with Gasteiger partial charge in [0.1, 0.15) is 5.75 Å². The van der Waals surface area contributed by atoms with E-state index in [9.17, 15) is 5.11 Å². The molecule has 1 aromatic carbocycles. The fourth-order valence-corrected chi connectivity index (χ4v) is 1.92. The molecule has 1 N–H and O–H groups in total. The average molecular weight is 206 g/mol. The molecule has 0 amide bonds. The van der Waals surface area contributed by atoms with E-state index in [0.717, 1.165) is 12.0 Å². The average Bonchev–Trinajstić information content (AvgIpc) is 2.16. The molecule has 1 heteroatoms. The molecule has 0 fully saturated rings. The topological polar surface area (TPSA) is 20.2 Å². The van der Waals surface area contributed by atoms with Crippen molar-refractivity contribution < 1.29 is 5.11 Å². The van der Waals surface area contributed by atoms with Gasteiger partial charge in [0.25, 0.3) is 0 Å². The van der Waals surface area contributed by atoms with Crippen LogP contribution < -0.4 is 0 Å². The number of aromatic hydroxyl groups is 1. The van der Waals surface area contributed by atoms with Crippen LogP contribution in [0.15, 0.2) is 18.2 Å². The fraction of sp³-hybridized carbons (Fsp3) is 0.571. The third-order valence-corrected chi connectivity index (χ3v) is 2.69. The van der Waals surface area contributed by atoms with Crippen LogP contribution in [0.3, 0.4) is 0 Å². The Labute approximate surface area is 93.1 Å². The summed E-state index contributed by atoms with van der Waals surface area (Å²) in [5, 5.41) is 9.43. The second kappa shape index (κ2) is 6.49. The first-order chi connectivity index (χ1) is 7.22. The Morgan fingerprint density at radius 3 is 2.40 bits per heavy atom. The molecule has 0 radical (unpaired) electrons. The minimum Gasteiger partial charge on any atom is -0.508 e. The van der Waals surface area contributed by atoms with Gasteiger partial charge in [0.05, 0.1) is 0 Å². The van der Waals surface area contributed by atoms with E-state index < -0.39 is 0 Å². The quantitative estimate of drug-likeness (QED) is 0.691. The van der Waals surface area contributed by atoms with Crippen molar-refractivity contribution in [3.05, 3.63) is 29.3 Å². The standard InChI is InChI=1S/C14H22O/c1-3-4-5-6-7-8-13-9-12(2)10-14(15)11-13/h9-11,15H,3-8H2,1-2H3. The first-order valence-corrected chi connectivity index (χ1v) is 6.02. The maximum atomic E-state index is 9.43. The molecule has 1 rings (SSSR count). The van der Waals surface area contributed by atoms with E-state index in [1.807, 2.05) is 13.0 Å². The van der Waals surface area contributed by atoms with E-state index in [1.54, 1.807) is 6.07 Å². The smallest absolute Gasteiger partial charge is 0.116 e. The molecule has 0 aliphatic rings. The van der Waals surface area contributed by atoms with Crippen molar-refractivity contribution in [2.75, 3.05) is 0 Å². The van der Waals surface area contributed by atoms with Crippen molar-refractivity contribution in [2.45, 2.75) is 52.4 Å². The number of phenols is 1. The summed E-state index contributed by atoms with van der Waals surface area (Å²) in [6.45, 7) is 4.26. The number of unbranched alkanes of at least 4 members (excludes halogenated alkanes) is 4. The maximum Gasteiger partial charge on any atom is 0.116 e. The summed E-state index contributed by atoms with van der Waals surface area (Å²) in [5.41, 5.74) is 2.42. The van der Waals surface area contributed by atoms with Crippen LogP contribution in [-0.2, 0) is 6.42 Å². The molecule has 84 valence electrons. The van der Waals surface area contributed by atoms with Crippen LogP contribution in [0.5, 0.6) is 5.75 Å². The van der Waals surface area contributed by atoms with Gasteiger partial charge in [0, 0.05) is 0 Å². The highest BCUT2D eigenvalue weighted by atomic mass is 16.3. The zero-order valence-corrected chi connectivity index (χ0v) is 9.92. The lowest BCUT2D eigenvalue weighted by Crippen LogP contribution is -1.87. The third-order valence-electron chi connectivity index (χ3n) is 2.69. The van der Waals surface area contributed by atoms with E-state index in [4.69, 9.17) is 0 Å². The van der Waals surface area contributed by atoms with Gasteiger partial charge in [-0.15, -0.1) is 0 Å². The molecule has 0 aromatic heterocycles. The Balaban J connectivity index is 2.31. The van der Waals surface area contributed by atoms with E-state index in [2.05, 4.69) is 13.0 Å². The number of phenolic OH excluding ortho intramolecular Hbond substituents is 1. The summed E-state index contributed by atoms with van der Waals surface area (Å²) in [4.78, 5) is 0. The molecule has 0 unspecified atom stereocenters. The Bertz CT molecular complexity index is 271. The van der Waals surface area contributed by atoms with Crippen LogP contribution in [0.1, 0.15) is 50.2 Å². The predicted molar refractivity (Wildman–Crippen MR) is 65.3 cm³/mol. The number of rotatable bonds is 6. The predicted octanol–water partition coefficient (Wildman–Crippen LogP) is 4.21. The van der Waals surface area contributed by atoms with Gasteiger partial charge in [-0.3, -0.25) is 0 Å². The second-order valence-corrected chi connectivity index (χ2v) is 4.34. The van der Waals surface area contributed by atoms with Crippen LogP contribution in [0.2, 0.25) is 0 Å². The molecular weight excluding hydrogens is 184 g/mol. The molecule has 0 saturated carbocycles. The first kappa shape index (κ1) is 12.1. The molecule has 0 bridgehead atoms. The summed E-state index contributed by atoms with van der Waals surface area (Å²) >= 11 is 0. The van der Waals surface area contributed by atoms with Gasteiger partial charge in [-0.1, -0.05) is 38.7 Å². The molecule has 1 nitrogen and oxygen atoms in total. The number of benzene rings is 1. The summed E-state index contributed by atoms with van der Waals surface area (Å²) in [7, 11) is 0. The SMILES string of the molecule is CCCCCCCc1cc(C)cc(O)c1. The summed E-state index contributed by atoms with van der Waals surface area (Å²) < 4.78 is 0. The molecule has 0 spiro atoms. The van der Waals surface area contributed by atoms with E-state index in [0.29, 0.717) is 5.75 Å². The van der Waals surface area contributed by atoms with Crippen molar-refractivity contribution in [2.24, 2.45) is 0 Å². The highest BCUT2D eigenvalue weighted by Crippen LogP contribution is 2.17. The van der Waals surface area contributed by atoms with Gasteiger partial charge < -0.3 is 5.11 Å². The lowest BCUT2D eigenvalue weighted by molar-refractivity contribution is 0.474. The number of hydrogen-bond acceptors (Lipinski definition) is 1. The molecular formula is C14H22O. The maximum absolute atomic E-state index is 9.43. The minimum atomic E-state index is 0.401. The molecule has 1 aromatic rings. The van der Waals surface area contributed by atoms with Crippen LogP contribution in [0.4, 0.5) is 0 Å². The lowest BCUT2D eigenvalue weighted by Gasteiger charge is -2.04. The van der Waals surface area contributed by atoms with Gasteiger partial charge in [0.2, 0.25) is 0 Å². The second-order valence-electron chi connectivity index (χ2n) is 4.34. The van der Waals surface area contributed by atoms with Crippen LogP contribution in [0.25, 0.3) is 0 Å². The Hall–Kier alpha value is -0.980. The van der Waals surface area contributed by atoms with Crippen molar-refractivity contribution >= 4 is 0 Å². The van der Waals surface area contributed by atoms with E-state index in [-0.39, 0.29) is 0 Å². The highest BCUT2D eigenvalue weighted by molar-refractivity contribution is 5.32. The Kier molecular flexibility index (Phi) is 5.23. The number of hydrogen-bond donors (Lipinski definition) is 1. The van der Waals surface area contributed by atoms with Crippen LogP contribution in [0, 0.1) is 6.92 Å². The first-order valence-electron chi connectivity index (χ1n) is 6.02. The van der Waals surface area contributed by atoms with Crippen LogP contribution in [-0.4, -0.2) is 5.11 Å². The summed E-state index contributed by atoms with van der Waals surface area (Å²) in [6.07, 6.45) is 7.63. The zero-order valence-electron chi connectivity index (χ0n) is 9.92. The van der Waals surface area contributed by atoms with Crippen LogP contribution >= 0.6 is 0 Å². The van der Waals surface area contributed by atoms with Crippen molar-refractivity contribution in [1.29, 1.82) is 0 Å². The summed E-state index contributed by atoms with van der Waals surface area (Å²) in [6, 6.07) is 5.85. The monoisotopic (exact) mass is 206 g/mol. The van der Waals surface area contributed by atoms with Gasteiger partial charge >= 0.3 is 0 Å². The van der Waals surface area contributed by atoms with E-state index in [1.165, 1.54) is 37.7 Å². The molecule has 0 atom stereocenters. The molecule has 0 saturated heterocycles. The van der Waals surface area contributed by atoms with Gasteiger partial charge in [-0.2, -0.15) is 0 Å². The number of aryl methyl sites for hydroxylation is 2. The molecule has 15 heavy (non-hydrogen) atoms. The molecule has 0 aliphatic heterocycles. The molecule has 0 heterocycles. The van der Waals surface area contributed by atoms with Crippen molar-refractivity contribution in [1.82, 2.24) is 0 Å². The molecule has 0 aliphatic carbocycles. The van der Waals surface area contributed by atoms with Gasteiger partial charge in [-0.25, -0.2) is 0 Å². The largest absolute Gasteiger partial charge is 0.508 e. The lowest BCUT2D eigenvalue weighted by atomic mass is 10.0. The van der Waals surface area contributed by atoms with Gasteiger partial charge in [-0.05, 0) is 43.0 Å². The van der Waals surface area contributed by atoms with E-state index >= 15 is 0 Å².